The van der Waals surface area contributed by atoms with E-state index in [1.54, 1.807) is 20.8 Å². The molecule has 8 nitrogen and oxygen atoms in total. The monoisotopic (exact) mass is 543 g/mol. The second kappa shape index (κ2) is 12.3. The zero-order valence-corrected chi connectivity index (χ0v) is 23.5. The van der Waals surface area contributed by atoms with Gasteiger partial charge in [0.25, 0.3) is 0 Å². The Morgan fingerprint density at radius 3 is 2.00 bits per heavy atom. The number of benzene rings is 3. The van der Waals surface area contributed by atoms with E-state index in [9.17, 15) is 19.5 Å². The van der Waals surface area contributed by atoms with Crippen LogP contribution in [0.3, 0.4) is 0 Å². The third-order valence-corrected chi connectivity index (χ3v) is 7.09. The highest BCUT2D eigenvalue weighted by atomic mass is 16.5. The van der Waals surface area contributed by atoms with Gasteiger partial charge in [-0.05, 0) is 55.6 Å². The highest BCUT2D eigenvalue weighted by molar-refractivity contribution is 5.89. The molecule has 0 heterocycles. The van der Waals surface area contributed by atoms with Crippen molar-refractivity contribution in [3.63, 3.8) is 0 Å². The Labute approximate surface area is 235 Å². The van der Waals surface area contributed by atoms with E-state index in [1.165, 1.54) is 4.90 Å². The van der Waals surface area contributed by atoms with Gasteiger partial charge in [-0.3, -0.25) is 14.5 Å². The fraction of sp³-hybridized carbons (Fsp3) is 0.344. The van der Waals surface area contributed by atoms with Crippen molar-refractivity contribution < 1.29 is 24.2 Å². The summed E-state index contributed by atoms with van der Waals surface area (Å²) < 4.78 is 5.71. The molecule has 1 aliphatic rings. The van der Waals surface area contributed by atoms with Crippen LogP contribution in [0.5, 0.6) is 0 Å². The molecule has 0 bridgehead atoms. The Morgan fingerprint density at radius 1 is 0.900 bits per heavy atom. The van der Waals surface area contributed by atoms with Crippen LogP contribution in [0.4, 0.5) is 4.79 Å². The Morgan fingerprint density at radius 2 is 1.45 bits per heavy atom. The van der Waals surface area contributed by atoms with Crippen molar-refractivity contribution in [1.82, 2.24) is 15.1 Å². The third kappa shape index (κ3) is 6.87. The standard InChI is InChI=1S/C32H37N3O5/c1-32(2,3)35(20-29(36)37)30(38)28(19-34(4)18-22-12-6-5-7-13-22)33-31(39)40-21-27-25-16-10-8-14-23(25)24-15-9-11-17-26(24)27/h5-17,27-28H,18-21H2,1-4H3,(H,33,39)(H,36,37). The van der Waals surface area contributed by atoms with Gasteiger partial charge in [-0.25, -0.2) is 4.79 Å². The summed E-state index contributed by atoms with van der Waals surface area (Å²) >= 11 is 0. The van der Waals surface area contributed by atoms with Crippen molar-refractivity contribution in [3.05, 3.63) is 95.6 Å². The molecule has 3 aromatic carbocycles. The third-order valence-electron chi connectivity index (χ3n) is 7.09. The molecule has 2 amide bonds. The van der Waals surface area contributed by atoms with E-state index in [0.29, 0.717) is 6.54 Å². The minimum atomic E-state index is -1.12. The van der Waals surface area contributed by atoms with Crippen LogP contribution in [0.15, 0.2) is 78.9 Å². The summed E-state index contributed by atoms with van der Waals surface area (Å²) in [6.45, 7) is 5.66. The van der Waals surface area contributed by atoms with Gasteiger partial charge in [-0.2, -0.15) is 0 Å². The predicted octanol–water partition coefficient (Wildman–Crippen LogP) is 4.74. The van der Waals surface area contributed by atoms with Gasteiger partial charge in [0.15, 0.2) is 0 Å². The number of nitrogens with one attached hydrogen (secondary N) is 1. The number of carboxylic acid groups (broad SMARTS) is 1. The van der Waals surface area contributed by atoms with E-state index in [0.717, 1.165) is 27.8 Å². The van der Waals surface area contributed by atoms with Gasteiger partial charge >= 0.3 is 12.1 Å². The Bertz CT molecular complexity index is 1310. The van der Waals surface area contributed by atoms with Crippen LogP contribution in [0.2, 0.25) is 0 Å². The minimum absolute atomic E-state index is 0.110. The van der Waals surface area contributed by atoms with Gasteiger partial charge in [-0.1, -0.05) is 78.9 Å². The van der Waals surface area contributed by atoms with Gasteiger partial charge < -0.3 is 20.1 Å². The lowest BCUT2D eigenvalue weighted by Crippen LogP contribution is -2.58. The summed E-state index contributed by atoms with van der Waals surface area (Å²) in [7, 11) is 1.85. The molecule has 4 rings (SSSR count). The molecule has 210 valence electrons. The number of alkyl carbamates (subject to hydrolysis) is 1. The molecule has 40 heavy (non-hydrogen) atoms. The fourth-order valence-electron chi connectivity index (χ4n) is 5.21. The number of carbonyl (C=O) groups excluding carboxylic acids is 2. The Balaban J connectivity index is 1.50. The summed E-state index contributed by atoms with van der Waals surface area (Å²) in [5, 5.41) is 12.2. The molecule has 1 aliphatic carbocycles. The number of likely N-dealkylation sites (N-methyl/N-ethyl adjacent to an activating group) is 1. The van der Waals surface area contributed by atoms with Gasteiger partial charge in [0.05, 0.1) is 0 Å². The lowest BCUT2D eigenvalue weighted by atomic mass is 9.98. The minimum Gasteiger partial charge on any atom is -0.480 e. The summed E-state index contributed by atoms with van der Waals surface area (Å²) in [5.74, 6) is -1.73. The van der Waals surface area contributed by atoms with Gasteiger partial charge in [-0.15, -0.1) is 0 Å². The van der Waals surface area contributed by atoms with Gasteiger partial charge in [0.2, 0.25) is 5.91 Å². The quantitative estimate of drug-likeness (QED) is 0.383. The predicted molar refractivity (Wildman–Crippen MR) is 154 cm³/mol. The molecule has 0 saturated carbocycles. The first-order chi connectivity index (χ1) is 19.0. The van der Waals surface area contributed by atoms with E-state index < -0.39 is 36.1 Å². The van der Waals surface area contributed by atoms with Crippen molar-refractivity contribution >= 4 is 18.0 Å². The first-order valence-electron chi connectivity index (χ1n) is 13.4. The maximum absolute atomic E-state index is 13.7. The van der Waals surface area contributed by atoms with Crippen LogP contribution in [0, 0.1) is 0 Å². The van der Waals surface area contributed by atoms with E-state index in [4.69, 9.17) is 4.74 Å². The SMILES string of the molecule is CN(Cc1ccccc1)CC(NC(=O)OCC1c2ccccc2-c2ccccc21)C(=O)N(CC(=O)O)C(C)(C)C. The molecule has 0 spiro atoms. The molecule has 3 aromatic rings. The first-order valence-corrected chi connectivity index (χ1v) is 13.4. The summed E-state index contributed by atoms with van der Waals surface area (Å²) in [4.78, 5) is 41.6. The number of hydrogen-bond donors (Lipinski definition) is 2. The molecule has 0 aromatic heterocycles. The molecule has 1 unspecified atom stereocenters. The van der Waals surface area contributed by atoms with Crippen LogP contribution in [0.1, 0.15) is 43.4 Å². The zero-order chi connectivity index (χ0) is 28.9. The summed E-state index contributed by atoms with van der Waals surface area (Å²) in [5.41, 5.74) is 4.71. The smallest absolute Gasteiger partial charge is 0.407 e. The summed E-state index contributed by atoms with van der Waals surface area (Å²) in [6, 6.07) is 24.9. The van der Waals surface area contributed by atoms with Crippen LogP contribution in [-0.2, 0) is 20.9 Å². The van der Waals surface area contributed by atoms with Crippen LogP contribution >= 0.6 is 0 Å². The largest absolute Gasteiger partial charge is 0.480 e. The number of nitrogens with zero attached hydrogens (tertiary/aromatic N) is 2. The first kappa shape index (κ1) is 28.8. The van der Waals surface area contributed by atoms with Crippen molar-refractivity contribution in [3.8, 4) is 11.1 Å². The molecule has 1 atom stereocenters. The topological polar surface area (TPSA) is 99.2 Å². The maximum Gasteiger partial charge on any atom is 0.407 e. The highest BCUT2D eigenvalue weighted by Crippen LogP contribution is 2.44. The molecular weight excluding hydrogens is 506 g/mol. The molecule has 2 N–H and O–H groups in total. The number of amides is 2. The van der Waals surface area contributed by atoms with Crippen molar-refractivity contribution in [2.24, 2.45) is 0 Å². The normalized spacial score (nSPS) is 13.3. The molecule has 0 fully saturated rings. The van der Waals surface area contributed by atoms with Crippen LogP contribution < -0.4 is 5.32 Å². The number of rotatable bonds is 10. The van der Waals surface area contributed by atoms with E-state index in [-0.39, 0.29) is 19.1 Å². The number of ether oxygens (including phenoxy) is 1. The van der Waals surface area contributed by atoms with E-state index >= 15 is 0 Å². The number of hydrogen-bond acceptors (Lipinski definition) is 5. The Hall–Kier alpha value is -4.17. The van der Waals surface area contributed by atoms with Crippen molar-refractivity contribution in [2.45, 2.75) is 44.8 Å². The van der Waals surface area contributed by atoms with Crippen molar-refractivity contribution in [1.29, 1.82) is 0 Å². The second-order valence-corrected chi connectivity index (χ2v) is 11.2. The number of aliphatic carboxylic acids is 1. The Kier molecular flexibility index (Phi) is 8.90. The van der Waals surface area contributed by atoms with Crippen LogP contribution in [-0.4, -0.2) is 71.2 Å². The summed E-state index contributed by atoms with van der Waals surface area (Å²) in [6.07, 6.45) is -0.725. The number of fused-ring (bicyclic) bond motifs is 3. The lowest BCUT2D eigenvalue weighted by Gasteiger charge is -2.37. The maximum atomic E-state index is 13.7. The van der Waals surface area contributed by atoms with E-state index in [2.05, 4.69) is 17.4 Å². The van der Waals surface area contributed by atoms with E-state index in [1.807, 2.05) is 78.7 Å². The van der Waals surface area contributed by atoms with Gasteiger partial charge in [0, 0.05) is 24.5 Å². The number of carboxylic acids is 1. The number of carbonyl (C=O) groups is 3. The van der Waals surface area contributed by atoms with Gasteiger partial charge in [0.1, 0.15) is 19.2 Å². The fourth-order valence-corrected chi connectivity index (χ4v) is 5.21. The molecule has 0 radical (unpaired) electrons. The second-order valence-electron chi connectivity index (χ2n) is 11.2. The van der Waals surface area contributed by atoms with Crippen LogP contribution in [0.25, 0.3) is 11.1 Å². The highest BCUT2D eigenvalue weighted by Gasteiger charge is 2.35. The average molecular weight is 544 g/mol. The van der Waals surface area contributed by atoms with Crippen molar-refractivity contribution in [2.75, 3.05) is 26.7 Å². The average Bonchev–Trinajstić information content (AvgIpc) is 3.23. The molecular formula is C32H37N3O5. The zero-order valence-electron chi connectivity index (χ0n) is 23.5. The lowest BCUT2D eigenvalue weighted by molar-refractivity contribution is -0.149. The molecule has 0 aliphatic heterocycles. The molecule has 0 saturated heterocycles. The molecule has 8 heteroatoms.